The third-order valence-electron chi connectivity index (χ3n) is 8.18. The van der Waals surface area contributed by atoms with Gasteiger partial charge in [-0.15, -0.1) is 5.10 Å². The summed E-state index contributed by atoms with van der Waals surface area (Å²) in [6.45, 7) is 12.8. The van der Waals surface area contributed by atoms with Gasteiger partial charge in [0.05, 0.1) is 17.6 Å². The van der Waals surface area contributed by atoms with Crippen molar-refractivity contribution in [3.63, 3.8) is 0 Å². The minimum absolute atomic E-state index is 0.0677. The van der Waals surface area contributed by atoms with Crippen molar-refractivity contribution >= 4 is 27.1 Å². The summed E-state index contributed by atoms with van der Waals surface area (Å²) < 4.78 is 37.0. The van der Waals surface area contributed by atoms with Gasteiger partial charge in [-0.3, -0.25) is 0 Å². The number of aromatic nitrogens is 4. The van der Waals surface area contributed by atoms with Gasteiger partial charge in [0.15, 0.2) is 0 Å². The zero-order valence-corrected chi connectivity index (χ0v) is 25.6. The molecule has 11 heteroatoms. The maximum Gasteiger partial charge on any atom is 0.248 e. The fourth-order valence-electron chi connectivity index (χ4n) is 5.79. The van der Waals surface area contributed by atoms with E-state index >= 15 is 0 Å². The second kappa shape index (κ2) is 11.4. The second-order valence-corrected chi connectivity index (χ2v) is 13.2. The van der Waals surface area contributed by atoms with Crippen LogP contribution in [0.2, 0.25) is 0 Å². The number of sulfonamides is 1. The first-order valence-corrected chi connectivity index (χ1v) is 15.6. The Morgan fingerprint density at radius 2 is 1.95 bits per heavy atom. The summed E-state index contributed by atoms with van der Waals surface area (Å²) in [7, 11) is -3.87. The molecule has 0 saturated carbocycles. The van der Waals surface area contributed by atoms with E-state index in [1.807, 2.05) is 76.6 Å². The third kappa shape index (κ3) is 5.24. The zero-order valence-electron chi connectivity index (χ0n) is 24.8. The number of rotatable bonds is 8. The van der Waals surface area contributed by atoms with Gasteiger partial charge in [-0.1, -0.05) is 36.4 Å². The number of ether oxygens (including phenoxy) is 1. The number of nitrogens with zero attached hydrogens (tertiary/aromatic N) is 6. The lowest BCUT2D eigenvalue weighted by atomic mass is 9.75. The zero-order chi connectivity index (χ0) is 30.2. The van der Waals surface area contributed by atoms with Gasteiger partial charge in [0, 0.05) is 25.2 Å². The Morgan fingerprint density at radius 1 is 1.17 bits per heavy atom. The van der Waals surface area contributed by atoms with Gasteiger partial charge in [-0.05, 0) is 87.1 Å². The van der Waals surface area contributed by atoms with Crippen LogP contribution in [0.1, 0.15) is 67.9 Å². The van der Waals surface area contributed by atoms with Crippen LogP contribution in [0.5, 0.6) is 5.88 Å². The van der Waals surface area contributed by atoms with Crippen molar-refractivity contribution in [3.05, 3.63) is 76.5 Å². The van der Waals surface area contributed by atoms with E-state index in [0.717, 1.165) is 38.9 Å². The monoisotopic (exact) mass is 588 g/mol. The Bertz CT molecular complexity index is 1790. The summed E-state index contributed by atoms with van der Waals surface area (Å²) in [6, 6.07) is 13.2. The number of aliphatic imine (C=N–C) groups is 1. The smallest absolute Gasteiger partial charge is 0.248 e. The molecule has 2 aromatic carbocycles. The molecule has 1 unspecified atom stereocenters. The molecule has 0 bridgehead atoms. The molecule has 0 aliphatic carbocycles. The number of aryl methyl sites for hydroxylation is 3. The molecule has 0 spiro atoms. The Labute approximate surface area is 246 Å². The van der Waals surface area contributed by atoms with Gasteiger partial charge in [-0.2, -0.15) is 9.30 Å². The molecule has 1 aliphatic rings. The average molecular weight is 589 g/mol. The molecule has 0 saturated heterocycles. The normalized spacial score (nSPS) is 17.6. The van der Waals surface area contributed by atoms with E-state index in [1.54, 1.807) is 12.1 Å². The molecule has 5 rings (SSSR count). The highest BCUT2D eigenvalue weighted by molar-refractivity contribution is 7.89. The van der Waals surface area contributed by atoms with Crippen molar-refractivity contribution in [2.75, 3.05) is 6.54 Å². The SMILES string of the molecule is CC[C@@H]1CN(Cc2cc(C(c3ccc4c(nnn4CC)c3C)C(C)(C)N=C=O)ccc2C)S(=O)(=O)c2cccnc2O1. The summed E-state index contributed by atoms with van der Waals surface area (Å²) in [5.74, 6) is -0.205. The minimum Gasteiger partial charge on any atom is -0.472 e. The van der Waals surface area contributed by atoms with Gasteiger partial charge in [0.1, 0.15) is 16.5 Å². The standard InChI is InChI=1S/C31H36N6O4S/c1-7-24-18-36(42(39,40)27-10-9-15-32-30(27)41-24)17-23-16-22(12-11-20(23)3)28(31(5,6)33-19-38)25-13-14-26-29(21(25)4)34-35-37(26)8-2/h9-16,24,28H,7-8,17-18H2,1-6H3/t24-,28?/m1/s1. The van der Waals surface area contributed by atoms with Crippen LogP contribution in [0.25, 0.3) is 11.0 Å². The molecule has 0 N–H and O–H groups in total. The van der Waals surface area contributed by atoms with E-state index in [2.05, 4.69) is 20.3 Å². The van der Waals surface area contributed by atoms with Crippen molar-refractivity contribution in [2.24, 2.45) is 4.99 Å². The number of benzene rings is 2. The number of hydrogen-bond donors (Lipinski definition) is 0. The molecule has 2 aromatic heterocycles. The molecule has 220 valence electrons. The van der Waals surface area contributed by atoms with E-state index in [0.29, 0.717) is 13.0 Å². The highest BCUT2D eigenvalue weighted by Crippen LogP contribution is 2.41. The third-order valence-corrected chi connectivity index (χ3v) is 10.0. The second-order valence-electron chi connectivity index (χ2n) is 11.3. The van der Waals surface area contributed by atoms with Gasteiger partial charge in [-0.25, -0.2) is 22.9 Å². The lowest BCUT2D eigenvalue weighted by Gasteiger charge is -2.32. The van der Waals surface area contributed by atoms with Crippen molar-refractivity contribution < 1.29 is 17.9 Å². The largest absolute Gasteiger partial charge is 0.472 e. The van der Waals surface area contributed by atoms with Crippen LogP contribution in [0.15, 0.2) is 58.5 Å². The predicted octanol–water partition coefficient (Wildman–Crippen LogP) is 5.07. The van der Waals surface area contributed by atoms with Crippen molar-refractivity contribution in [1.29, 1.82) is 0 Å². The average Bonchev–Trinajstić information content (AvgIpc) is 3.34. The molecule has 1 aliphatic heterocycles. The summed E-state index contributed by atoms with van der Waals surface area (Å²) in [5.41, 5.74) is 5.51. The quantitative estimate of drug-likeness (QED) is 0.208. The Balaban J connectivity index is 1.62. The molecular formula is C31H36N6O4S. The predicted molar refractivity (Wildman–Crippen MR) is 160 cm³/mol. The van der Waals surface area contributed by atoms with Gasteiger partial charge < -0.3 is 4.74 Å². The van der Waals surface area contributed by atoms with Crippen LogP contribution < -0.4 is 4.74 Å². The van der Waals surface area contributed by atoms with Gasteiger partial charge in [0.25, 0.3) is 0 Å². The molecule has 0 fully saturated rings. The van der Waals surface area contributed by atoms with Crippen LogP contribution in [-0.4, -0.2) is 57.0 Å². The lowest BCUT2D eigenvalue weighted by molar-refractivity contribution is 0.162. The fourth-order valence-corrected chi connectivity index (χ4v) is 7.31. The van der Waals surface area contributed by atoms with E-state index in [9.17, 15) is 13.2 Å². The van der Waals surface area contributed by atoms with E-state index in [4.69, 9.17) is 4.74 Å². The van der Waals surface area contributed by atoms with Crippen LogP contribution in [0, 0.1) is 13.8 Å². The molecule has 0 radical (unpaired) electrons. The fraction of sp³-hybridized carbons (Fsp3) is 0.419. The van der Waals surface area contributed by atoms with E-state index in [-0.39, 0.29) is 35.9 Å². The number of isocyanates is 1. The minimum atomic E-state index is -3.87. The Kier molecular flexibility index (Phi) is 8.02. The summed E-state index contributed by atoms with van der Waals surface area (Å²) >= 11 is 0. The van der Waals surface area contributed by atoms with Crippen LogP contribution in [0.4, 0.5) is 0 Å². The Hall–Kier alpha value is -3.92. The van der Waals surface area contributed by atoms with Crippen molar-refractivity contribution in [1.82, 2.24) is 24.3 Å². The van der Waals surface area contributed by atoms with E-state index in [1.165, 1.54) is 16.6 Å². The summed E-state index contributed by atoms with van der Waals surface area (Å²) in [5, 5.41) is 8.73. The topological polar surface area (TPSA) is 120 Å². The first-order valence-electron chi connectivity index (χ1n) is 14.1. The first-order chi connectivity index (χ1) is 20.0. The molecule has 0 amide bonds. The number of carbonyl (C=O) groups excluding carboxylic acids is 1. The number of pyridine rings is 1. The van der Waals surface area contributed by atoms with Crippen molar-refractivity contribution in [2.45, 2.75) is 83.5 Å². The Morgan fingerprint density at radius 3 is 2.67 bits per heavy atom. The number of hydrogen-bond acceptors (Lipinski definition) is 8. The first kappa shape index (κ1) is 29.6. The summed E-state index contributed by atoms with van der Waals surface area (Å²) in [4.78, 5) is 20.1. The highest BCUT2D eigenvalue weighted by atomic mass is 32.2. The number of fused-ring (bicyclic) bond motifs is 2. The van der Waals surface area contributed by atoms with Gasteiger partial charge in [0.2, 0.25) is 22.0 Å². The van der Waals surface area contributed by atoms with Crippen LogP contribution in [-0.2, 0) is 27.9 Å². The molecule has 42 heavy (non-hydrogen) atoms. The van der Waals surface area contributed by atoms with Crippen LogP contribution >= 0.6 is 0 Å². The summed E-state index contributed by atoms with van der Waals surface area (Å²) in [6.07, 6.45) is 3.60. The maximum absolute atomic E-state index is 13.8. The molecule has 10 nitrogen and oxygen atoms in total. The molecule has 4 aromatic rings. The lowest BCUT2D eigenvalue weighted by Crippen LogP contribution is -2.36. The molecular weight excluding hydrogens is 552 g/mol. The van der Waals surface area contributed by atoms with Crippen molar-refractivity contribution in [3.8, 4) is 5.88 Å². The molecule has 2 atom stereocenters. The van der Waals surface area contributed by atoms with Crippen LogP contribution in [0.3, 0.4) is 0 Å². The maximum atomic E-state index is 13.8. The highest BCUT2D eigenvalue weighted by Gasteiger charge is 2.37. The van der Waals surface area contributed by atoms with Gasteiger partial charge >= 0.3 is 0 Å². The van der Waals surface area contributed by atoms with E-state index < -0.39 is 15.6 Å². The molecule has 3 heterocycles.